The van der Waals surface area contributed by atoms with E-state index in [-0.39, 0.29) is 5.82 Å². The summed E-state index contributed by atoms with van der Waals surface area (Å²) in [5.41, 5.74) is 6.28. The zero-order chi connectivity index (χ0) is 15.1. The lowest BCUT2D eigenvalue weighted by Crippen LogP contribution is -2.14. The van der Waals surface area contributed by atoms with Crippen molar-refractivity contribution in [3.8, 4) is 5.75 Å². The first kappa shape index (κ1) is 14.6. The molecule has 0 radical (unpaired) electrons. The van der Waals surface area contributed by atoms with E-state index in [9.17, 15) is 4.79 Å². The zero-order valence-electron chi connectivity index (χ0n) is 11.6. The molecule has 0 spiro atoms. The summed E-state index contributed by atoms with van der Waals surface area (Å²) in [6.45, 7) is 0.976. The molecule has 2 aromatic rings. The van der Waals surface area contributed by atoms with Gasteiger partial charge in [-0.2, -0.15) is 0 Å². The number of nitrogens with one attached hydrogen (secondary N) is 1. The number of nitrogen functional groups attached to an aromatic ring is 1. The van der Waals surface area contributed by atoms with E-state index in [2.05, 4.69) is 20.0 Å². The van der Waals surface area contributed by atoms with Gasteiger partial charge in [-0.05, 0) is 30.3 Å². The summed E-state index contributed by atoms with van der Waals surface area (Å²) in [4.78, 5) is 19.2. The average molecular weight is 288 g/mol. The van der Waals surface area contributed by atoms with Crippen LogP contribution in [0.1, 0.15) is 10.6 Å². The average Bonchev–Trinajstić information content (AvgIpc) is 2.53. The van der Waals surface area contributed by atoms with Crippen LogP contribution in [0.5, 0.6) is 5.75 Å². The van der Waals surface area contributed by atoms with Crippen molar-refractivity contribution in [2.75, 3.05) is 31.3 Å². The van der Waals surface area contributed by atoms with Crippen LogP contribution in [0.25, 0.3) is 0 Å². The van der Waals surface area contributed by atoms with E-state index in [0.29, 0.717) is 24.7 Å². The number of nitrogens with two attached hydrogens (primary N) is 1. The molecule has 7 heteroatoms. The van der Waals surface area contributed by atoms with Gasteiger partial charge in [0.1, 0.15) is 18.2 Å². The van der Waals surface area contributed by atoms with Crippen LogP contribution in [0, 0.1) is 0 Å². The third-order valence-electron chi connectivity index (χ3n) is 2.58. The van der Waals surface area contributed by atoms with Gasteiger partial charge < -0.3 is 20.5 Å². The zero-order valence-corrected chi connectivity index (χ0v) is 11.6. The maximum Gasteiger partial charge on any atom is 0.376 e. The maximum absolute atomic E-state index is 11.3. The minimum atomic E-state index is -0.572. The molecule has 0 unspecified atom stereocenters. The van der Waals surface area contributed by atoms with E-state index in [0.717, 1.165) is 5.75 Å². The van der Waals surface area contributed by atoms with E-state index < -0.39 is 5.97 Å². The summed E-state index contributed by atoms with van der Waals surface area (Å²) in [5.74, 6) is 0.717. The number of carbonyl (C=O) groups is 1. The monoisotopic (exact) mass is 288 g/mol. The lowest BCUT2D eigenvalue weighted by molar-refractivity contribution is 0.0587. The summed E-state index contributed by atoms with van der Waals surface area (Å²) in [5, 5.41) is 3.04. The topological polar surface area (TPSA) is 99.4 Å². The number of rotatable bonds is 6. The molecule has 7 nitrogen and oxygen atoms in total. The van der Waals surface area contributed by atoms with Crippen LogP contribution < -0.4 is 15.8 Å². The number of anilines is 2. The van der Waals surface area contributed by atoms with Crippen molar-refractivity contribution in [2.45, 2.75) is 0 Å². The molecule has 0 aliphatic heterocycles. The van der Waals surface area contributed by atoms with Crippen molar-refractivity contribution in [1.29, 1.82) is 0 Å². The van der Waals surface area contributed by atoms with Gasteiger partial charge in [0.2, 0.25) is 5.82 Å². The number of aromatic nitrogens is 2. The predicted octanol–water partition coefficient (Wildman–Crippen LogP) is 1.34. The molecule has 0 aliphatic carbocycles. The van der Waals surface area contributed by atoms with Crippen LogP contribution >= 0.6 is 0 Å². The van der Waals surface area contributed by atoms with Crippen molar-refractivity contribution in [2.24, 2.45) is 0 Å². The Hall–Kier alpha value is -2.83. The summed E-state index contributed by atoms with van der Waals surface area (Å²) in [7, 11) is 1.28. The summed E-state index contributed by atoms with van der Waals surface area (Å²) < 4.78 is 10.1. The van der Waals surface area contributed by atoms with E-state index >= 15 is 0 Å². The number of methoxy groups -OCH3 is 1. The highest BCUT2D eigenvalue weighted by Crippen LogP contribution is 2.12. The van der Waals surface area contributed by atoms with Crippen molar-refractivity contribution in [3.63, 3.8) is 0 Å². The van der Waals surface area contributed by atoms with Crippen molar-refractivity contribution >= 4 is 17.5 Å². The molecular formula is C14H16N4O3. The Balaban J connectivity index is 1.80. The Kier molecular flexibility index (Phi) is 4.92. The Morgan fingerprint density at radius 3 is 2.76 bits per heavy atom. The van der Waals surface area contributed by atoms with Crippen LogP contribution in [0.3, 0.4) is 0 Å². The second kappa shape index (κ2) is 7.09. The first-order valence-corrected chi connectivity index (χ1v) is 6.32. The first-order valence-electron chi connectivity index (χ1n) is 6.32. The molecular weight excluding hydrogens is 272 g/mol. The van der Waals surface area contributed by atoms with E-state index in [1.165, 1.54) is 13.3 Å². The molecule has 0 bridgehead atoms. The minimum Gasteiger partial charge on any atom is -0.492 e. The highest BCUT2D eigenvalue weighted by molar-refractivity contribution is 5.85. The molecule has 0 fully saturated rings. The van der Waals surface area contributed by atoms with Crippen molar-refractivity contribution < 1.29 is 14.3 Å². The van der Waals surface area contributed by atoms with Crippen LogP contribution in [0.2, 0.25) is 0 Å². The number of nitrogens with zero attached hydrogens (tertiary/aromatic N) is 2. The molecule has 110 valence electrons. The second-order valence-electron chi connectivity index (χ2n) is 4.10. The normalized spacial score (nSPS) is 9.95. The fourth-order valence-corrected chi connectivity index (χ4v) is 1.56. The predicted molar refractivity (Wildman–Crippen MR) is 78.2 cm³/mol. The fraction of sp³-hybridized carbons (Fsp3) is 0.214. The molecule has 0 atom stereocenters. The fourth-order valence-electron chi connectivity index (χ4n) is 1.56. The number of carbonyl (C=O) groups excluding carboxylic acids is 1. The van der Waals surface area contributed by atoms with E-state index in [1.807, 2.05) is 0 Å². The van der Waals surface area contributed by atoms with Gasteiger partial charge in [0.25, 0.3) is 0 Å². The highest BCUT2D eigenvalue weighted by atomic mass is 16.5. The third-order valence-corrected chi connectivity index (χ3v) is 2.58. The SMILES string of the molecule is COC(=O)c1nccc(NCCOc2ccc(N)cc2)n1. The number of hydrogen-bond donors (Lipinski definition) is 2. The van der Waals surface area contributed by atoms with Crippen LogP contribution in [0.4, 0.5) is 11.5 Å². The van der Waals surface area contributed by atoms with Crippen molar-refractivity contribution in [3.05, 3.63) is 42.4 Å². The molecule has 0 saturated heterocycles. The van der Waals surface area contributed by atoms with Gasteiger partial charge in [0.05, 0.1) is 13.7 Å². The van der Waals surface area contributed by atoms with Crippen LogP contribution in [-0.2, 0) is 4.74 Å². The van der Waals surface area contributed by atoms with Gasteiger partial charge in [-0.15, -0.1) is 0 Å². The van der Waals surface area contributed by atoms with Gasteiger partial charge in [-0.3, -0.25) is 0 Å². The Morgan fingerprint density at radius 1 is 1.29 bits per heavy atom. The summed E-state index contributed by atoms with van der Waals surface area (Å²) in [6.07, 6.45) is 1.49. The largest absolute Gasteiger partial charge is 0.492 e. The Bertz CT molecular complexity index is 601. The van der Waals surface area contributed by atoms with Gasteiger partial charge in [0, 0.05) is 11.9 Å². The smallest absolute Gasteiger partial charge is 0.376 e. The molecule has 2 rings (SSSR count). The first-order chi connectivity index (χ1) is 10.2. The summed E-state index contributed by atoms with van der Waals surface area (Å²) in [6, 6.07) is 8.81. The number of ether oxygens (including phenoxy) is 2. The number of esters is 1. The quantitative estimate of drug-likeness (QED) is 0.470. The van der Waals surface area contributed by atoms with Gasteiger partial charge in [-0.1, -0.05) is 0 Å². The second-order valence-corrected chi connectivity index (χ2v) is 4.10. The molecule has 0 aliphatic rings. The molecule has 3 N–H and O–H groups in total. The summed E-state index contributed by atoms with van der Waals surface area (Å²) >= 11 is 0. The number of benzene rings is 1. The lowest BCUT2D eigenvalue weighted by atomic mass is 10.3. The Labute approximate surface area is 122 Å². The van der Waals surface area contributed by atoms with Gasteiger partial charge >= 0.3 is 5.97 Å². The molecule has 1 heterocycles. The Morgan fingerprint density at radius 2 is 2.05 bits per heavy atom. The highest BCUT2D eigenvalue weighted by Gasteiger charge is 2.09. The lowest BCUT2D eigenvalue weighted by Gasteiger charge is -2.08. The van der Waals surface area contributed by atoms with Crippen molar-refractivity contribution in [1.82, 2.24) is 9.97 Å². The van der Waals surface area contributed by atoms with Gasteiger partial charge in [0.15, 0.2) is 0 Å². The van der Waals surface area contributed by atoms with Gasteiger partial charge in [-0.25, -0.2) is 14.8 Å². The van der Waals surface area contributed by atoms with Crippen LogP contribution in [-0.4, -0.2) is 36.2 Å². The molecule has 21 heavy (non-hydrogen) atoms. The van der Waals surface area contributed by atoms with Crippen LogP contribution in [0.15, 0.2) is 36.5 Å². The minimum absolute atomic E-state index is 0.0157. The number of hydrogen-bond acceptors (Lipinski definition) is 7. The third kappa shape index (κ3) is 4.34. The molecule has 0 saturated carbocycles. The molecule has 1 aromatic carbocycles. The molecule has 0 amide bonds. The standard InChI is InChI=1S/C14H16N4O3/c1-20-14(19)13-17-7-6-12(18-13)16-8-9-21-11-4-2-10(15)3-5-11/h2-7H,8-9,15H2,1H3,(H,16,17,18). The van der Waals surface area contributed by atoms with E-state index in [4.69, 9.17) is 10.5 Å². The molecule has 1 aromatic heterocycles. The maximum atomic E-state index is 11.3. The van der Waals surface area contributed by atoms with E-state index in [1.54, 1.807) is 30.3 Å².